The number of cyclic esters (lactones) is 2. The van der Waals surface area contributed by atoms with E-state index in [1.807, 2.05) is 13.0 Å². The second-order valence-corrected chi connectivity index (χ2v) is 3.43. The molecule has 0 aromatic heterocycles. The summed E-state index contributed by atoms with van der Waals surface area (Å²) in [4.78, 5) is 22.2. The van der Waals surface area contributed by atoms with Crippen LogP contribution in [-0.2, 0) is 14.3 Å². The van der Waals surface area contributed by atoms with Gasteiger partial charge in [0.1, 0.15) is 0 Å². The Balaban J connectivity index is 2.34. The van der Waals surface area contributed by atoms with Crippen LogP contribution in [0.4, 0.5) is 0 Å². The number of esters is 2. The standard InChI is InChI=1S/C9H10O3/c1-5-3-2-4-6-7(5)9(11)12-8(6)10/h2,4-7H,3H2,1H3/t5?,6-,7+/m1/s1. The van der Waals surface area contributed by atoms with Crippen LogP contribution in [0.25, 0.3) is 0 Å². The normalized spacial score (nSPS) is 39.6. The average Bonchev–Trinajstić information content (AvgIpc) is 2.29. The highest BCUT2D eigenvalue weighted by Crippen LogP contribution is 2.36. The zero-order valence-electron chi connectivity index (χ0n) is 6.82. The summed E-state index contributed by atoms with van der Waals surface area (Å²) in [7, 11) is 0. The molecule has 1 saturated heterocycles. The SMILES string of the molecule is CC1CC=C[C@H]2C(=O)OC(=O)[C@@H]12. The minimum atomic E-state index is -0.382. The van der Waals surface area contributed by atoms with Crippen molar-refractivity contribution in [2.75, 3.05) is 0 Å². The van der Waals surface area contributed by atoms with E-state index in [1.54, 1.807) is 6.08 Å². The first-order valence-electron chi connectivity index (χ1n) is 4.12. The van der Waals surface area contributed by atoms with Crippen LogP contribution >= 0.6 is 0 Å². The predicted octanol–water partition coefficient (Wildman–Crippen LogP) is 0.898. The van der Waals surface area contributed by atoms with Crippen molar-refractivity contribution in [3.8, 4) is 0 Å². The summed E-state index contributed by atoms with van der Waals surface area (Å²) < 4.78 is 4.55. The quantitative estimate of drug-likeness (QED) is 0.305. The van der Waals surface area contributed by atoms with E-state index < -0.39 is 0 Å². The van der Waals surface area contributed by atoms with Gasteiger partial charge in [0.05, 0.1) is 11.8 Å². The van der Waals surface area contributed by atoms with E-state index in [9.17, 15) is 9.59 Å². The largest absolute Gasteiger partial charge is 0.392 e. The maximum atomic E-state index is 11.2. The Bertz CT molecular complexity index is 267. The lowest BCUT2D eigenvalue weighted by molar-refractivity contribution is -0.153. The molecule has 0 aromatic rings. The molecule has 1 aliphatic carbocycles. The third kappa shape index (κ3) is 0.891. The Morgan fingerprint density at radius 1 is 1.42 bits per heavy atom. The molecule has 2 aliphatic rings. The van der Waals surface area contributed by atoms with Gasteiger partial charge in [-0.3, -0.25) is 9.59 Å². The summed E-state index contributed by atoms with van der Waals surface area (Å²) in [5.41, 5.74) is 0. The zero-order chi connectivity index (χ0) is 8.72. The van der Waals surface area contributed by atoms with Crippen molar-refractivity contribution in [3.05, 3.63) is 12.2 Å². The van der Waals surface area contributed by atoms with Crippen LogP contribution in [-0.4, -0.2) is 11.9 Å². The minimum absolute atomic E-state index is 0.220. The van der Waals surface area contributed by atoms with Crippen LogP contribution < -0.4 is 0 Å². The van der Waals surface area contributed by atoms with Crippen molar-refractivity contribution in [1.29, 1.82) is 0 Å². The second-order valence-electron chi connectivity index (χ2n) is 3.43. The number of hydrogen-bond donors (Lipinski definition) is 0. The molecule has 3 atom stereocenters. The highest BCUT2D eigenvalue weighted by molar-refractivity contribution is 5.97. The van der Waals surface area contributed by atoms with E-state index in [0.29, 0.717) is 0 Å². The smallest absolute Gasteiger partial charge is 0.321 e. The van der Waals surface area contributed by atoms with Gasteiger partial charge in [0.25, 0.3) is 0 Å². The number of carbonyl (C=O) groups excluding carboxylic acids is 2. The molecule has 0 spiro atoms. The number of hydrogen-bond acceptors (Lipinski definition) is 3. The van der Waals surface area contributed by atoms with Gasteiger partial charge in [-0.1, -0.05) is 19.1 Å². The average molecular weight is 166 g/mol. The fourth-order valence-corrected chi connectivity index (χ4v) is 1.90. The van der Waals surface area contributed by atoms with Gasteiger partial charge in [-0.15, -0.1) is 0 Å². The Labute approximate surface area is 70.4 Å². The number of ether oxygens (including phenoxy) is 1. The Hall–Kier alpha value is -1.12. The van der Waals surface area contributed by atoms with Gasteiger partial charge >= 0.3 is 11.9 Å². The lowest BCUT2D eigenvalue weighted by Gasteiger charge is -2.20. The van der Waals surface area contributed by atoms with Gasteiger partial charge in [0, 0.05) is 0 Å². The molecule has 1 heterocycles. The van der Waals surface area contributed by atoms with E-state index in [0.717, 1.165) is 6.42 Å². The summed E-state index contributed by atoms with van der Waals surface area (Å²) in [5.74, 6) is -1.02. The highest BCUT2D eigenvalue weighted by atomic mass is 16.6. The predicted molar refractivity (Wildman–Crippen MR) is 41.0 cm³/mol. The molecule has 3 nitrogen and oxygen atoms in total. The molecule has 0 radical (unpaired) electrons. The molecule has 0 aromatic carbocycles. The molecule has 0 saturated carbocycles. The van der Waals surface area contributed by atoms with E-state index in [4.69, 9.17) is 0 Å². The van der Waals surface area contributed by atoms with Gasteiger partial charge in [-0.05, 0) is 12.3 Å². The molecule has 1 fully saturated rings. The van der Waals surface area contributed by atoms with Crippen molar-refractivity contribution in [2.24, 2.45) is 17.8 Å². The fraction of sp³-hybridized carbons (Fsp3) is 0.556. The molecule has 0 bridgehead atoms. The third-order valence-corrected chi connectivity index (χ3v) is 2.60. The fourth-order valence-electron chi connectivity index (χ4n) is 1.90. The molecule has 64 valence electrons. The van der Waals surface area contributed by atoms with Gasteiger partial charge in [0.2, 0.25) is 0 Å². The Kier molecular flexibility index (Phi) is 1.53. The molecule has 0 amide bonds. The summed E-state index contributed by atoms with van der Waals surface area (Å²) in [6.07, 6.45) is 4.60. The van der Waals surface area contributed by atoms with Crippen LogP contribution in [0.3, 0.4) is 0 Å². The van der Waals surface area contributed by atoms with Gasteiger partial charge in [0.15, 0.2) is 0 Å². The Morgan fingerprint density at radius 2 is 2.17 bits per heavy atom. The molecule has 3 heteroatoms. The highest BCUT2D eigenvalue weighted by Gasteiger charge is 2.46. The first-order valence-corrected chi connectivity index (χ1v) is 4.12. The van der Waals surface area contributed by atoms with Crippen molar-refractivity contribution in [3.63, 3.8) is 0 Å². The van der Waals surface area contributed by atoms with Crippen molar-refractivity contribution in [2.45, 2.75) is 13.3 Å². The van der Waals surface area contributed by atoms with Crippen LogP contribution in [0, 0.1) is 17.8 Å². The third-order valence-electron chi connectivity index (χ3n) is 2.60. The first-order chi connectivity index (χ1) is 5.70. The molecule has 2 rings (SSSR count). The number of rotatable bonds is 0. The van der Waals surface area contributed by atoms with Crippen molar-refractivity contribution < 1.29 is 14.3 Å². The van der Waals surface area contributed by atoms with Crippen molar-refractivity contribution in [1.82, 2.24) is 0 Å². The lowest BCUT2D eigenvalue weighted by atomic mass is 9.78. The second kappa shape index (κ2) is 2.44. The number of carbonyl (C=O) groups is 2. The number of allylic oxidation sites excluding steroid dienone is 1. The molecule has 1 aliphatic heterocycles. The summed E-state index contributed by atoms with van der Waals surface area (Å²) in [6, 6.07) is 0. The van der Waals surface area contributed by atoms with Gasteiger partial charge < -0.3 is 4.74 Å². The van der Waals surface area contributed by atoms with Gasteiger partial charge in [-0.2, -0.15) is 0 Å². The van der Waals surface area contributed by atoms with Crippen LogP contribution in [0.2, 0.25) is 0 Å². The van der Waals surface area contributed by atoms with Crippen LogP contribution in [0.1, 0.15) is 13.3 Å². The zero-order valence-corrected chi connectivity index (χ0v) is 6.82. The lowest BCUT2D eigenvalue weighted by Crippen LogP contribution is -2.25. The summed E-state index contributed by atoms with van der Waals surface area (Å²) in [5, 5.41) is 0. The van der Waals surface area contributed by atoms with Crippen LogP contribution in [0.15, 0.2) is 12.2 Å². The molecule has 1 unspecified atom stereocenters. The van der Waals surface area contributed by atoms with E-state index in [1.165, 1.54) is 0 Å². The molecular weight excluding hydrogens is 156 g/mol. The maximum Gasteiger partial charge on any atom is 0.321 e. The van der Waals surface area contributed by atoms with E-state index in [2.05, 4.69) is 4.74 Å². The molecule has 0 N–H and O–H groups in total. The van der Waals surface area contributed by atoms with Crippen LogP contribution in [0.5, 0.6) is 0 Å². The minimum Gasteiger partial charge on any atom is -0.392 e. The molecular formula is C9H10O3. The Morgan fingerprint density at radius 3 is 2.83 bits per heavy atom. The first kappa shape index (κ1) is 7.53. The maximum absolute atomic E-state index is 11.2. The number of fused-ring (bicyclic) bond motifs is 1. The topological polar surface area (TPSA) is 43.4 Å². The summed E-state index contributed by atoms with van der Waals surface area (Å²) in [6.45, 7) is 1.97. The molecule has 12 heavy (non-hydrogen) atoms. The summed E-state index contributed by atoms with van der Waals surface area (Å²) >= 11 is 0. The monoisotopic (exact) mass is 166 g/mol. The van der Waals surface area contributed by atoms with E-state index >= 15 is 0 Å². The van der Waals surface area contributed by atoms with Crippen molar-refractivity contribution >= 4 is 11.9 Å². The van der Waals surface area contributed by atoms with E-state index in [-0.39, 0.29) is 29.7 Å². The van der Waals surface area contributed by atoms with Gasteiger partial charge in [-0.25, -0.2) is 0 Å².